The van der Waals surface area contributed by atoms with Crippen LogP contribution in [0.25, 0.3) is 10.9 Å². The van der Waals surface area contributed by atoms with E-state index in [1.54, 1.807) is 0 Å². The maximum absolute atomic E-state index is 6.36. The average Bonchev–Trinajstić information content (AvgIpc) is 2.47. The molecule has 2 N–H and O–H groups in total. The van der Waals surface area contributed by atoms with Crippen molar-refractivity contribution >= 4 is 10.9 Å². The van der Waals surface area contributed by atoms with Gasteiger partial charge in [-0.05, 0) is 43.8 Å². The van der Waals surface area contributed by atoms with Gasteiger partial charge in [0.15, 0.2) is 0 Å². The first-order valence-corrected chi connectivity index (χ1v) is 7.07. The van der Waals surface area contributed by atoms with Gasteiger partial charge < -0.3 is 10.6 Å². The molecule has 3 nitrogen and oxygen atoms in total. The van der Waals surface area contributed by atoms with E-state index >= 15 is 0 Å². The molecule has 0 aliphatic rings. The Morgan fingerprint density at radius 1 is 1.16 bits per heavy atom. The van der Waals surface area contributed by atoms with Gasteiger partial charge in [0.1, 0.15) is 0 Å². The third-order valence-electron chi connectivity index (χ3n) is 3.73. The number of rotatable bonds is 6. The first-order chi connectivity index (χ1) is 9.26. The van der Waals surface area contributed by atoms with Crippen molar-refractivity contribution in [2.24, 2.45) is 5.73 Å². The second-order valence-electron chi connectivity index (χ2n) is 4.84. The molecule has 0 saturated heterocycles. The topological polar surface area (TPSA) is 42.1 Å². The van der Waals surface area contributed by atoms with Gasteiger partial charge in [-0.25, -0.2) is 0 Å². The summed E-state index contributed by atoms with van der Waals surface area (Å²) in [5, 5.41) is 1.18. The molecule has 1 heterocycles. The van der Waals surface area contributed by atoms with Crippen molar-refractivity contribution in [3.63, 3.8) is 0 Å². The number of nitrogens with two attached hydrogens (primary N) is 1. The van der Waals surface area contributed by atoms with Crippen LogP contribution in [0.1, 0.15) is 31.9 Å². The van der Waals surface area contributed by atoms with Crippen molar-refractivity contribution in [1.29, 1.82) is 0 Å². The number of fused-ring (bicyclic) bond motifs is 1. The molecular formula is C16H23N3. The molecular weight excluding hydrogens is 234 g/mol. The molecule has 0 saturated carbocycles. The van der Waals surface area contributed by atoms with Crippen molar-refractivity contribution in [1.82, 2.24) is 9.88 Å². The van der Waals surface area contributed by atoms with Crippen LogP contribution in [0.5, 0.6) is 0 Å². The SMILES string of the molecule is CCN(CC)CCC(N)c1cccc2ncccc12. The lowest BCUT2D eigenvalue weighted by Crippen LogP contribution is -2.27. The van der Waals surface area contributed by atoms with E-state index in [9.17, 15) is 0 Å². The fourth-order valence-corrected chi connectivity index (χ4v) is 2.47. The van der Waals surface area contributed by atoms with E-state index in [2.05, 4.69) is 35.9 Å². The highest BCUT2D eigenvalue weighted by Crippen LogP contribution is 2.23. The number of hydrogen-bond acceptors (Lipinski definition) is 3. The van der Waals surface area contributed by atoms with E-state index in [4.69, 9.17) is 5.73 Å². The summed E-state index contributed by atoms with van der Waals surface area (Å²) in [4.78, 5) is 6.79. The van der Waals surface area contributed by atoms with Crippen LogP contribution in [0.15, 0.2) is 36.5 Å². The predicted octanol–water partition coefficient (Wildman–Crippen LogP) is 2.97. The Labute approximate surface area is 115 Å². The van der Waals surface area contributed by atoms with Gasteiger partial charge in [-0.15, -0.1) is 0 Å². The molecule has 1 aromatic carbocycles. The molecule has 0 bridgehead atoms. The van der Waals surface area contributed by atoms with E-state index in [0.29, 0.717) is 0 Å². The predicted molar refractivity (Wildman–Crippen MR) is 81.1 cm³/mol. The number of aromatic nitrogens is 1. The van der Waals surface area contributed by atoms with Gasteiger partial charge >= 0.3 is 0 Å². The van der Waals surface area contributed by atoms with Crippen LogP contribution in [-0.4, -0.2) is 29.5 Å². The van der Waals surface area contributed by atoms with Crippen LogP contribution in [-0.2, 0) is 0 Å². The van der Waals surface area contributed by atoms with Crippen LogP contribution < -0.4 is 5.73 Å². The van der Waals surface area contributed by atoms with E-state index in [-0.39, 0.29) is 6.04 Å². The zero-order valence-electron chi connectivity index (χ0n) is 11.8. The molecule has 0 aliphatic carbocycles. The van der Waals surface area contributed by atoms with E-state index in [0.717, 1.165) is 31.6 Å². The second kappa shape index (κ2) is 6.64. The number of hydrogen-bond donors (Lipinski definition) is 1. The standard InChI is InChI=1S/C16H23N3/c1-3-19(4-2)12-10-15(17)13-7-5-9-16-14(13)8-6-11-18-16/h5-9,11,15H,3-4,10,12,17H2,1-2H3. The Morgan fingerprint density at radius 3 is 2.68 bits per heavy atom. The van der Waals surface area contributed by atoms with E-state index in [1.165, 1.54) is 10.9 Å². The van der Waals surface area contributed by atoms with Gasteiger partial charge in [0.25, 0.3) is 0 Å². The molecule has 1 atom stereocenters. The summed E-state index contributed by atoms with van der Waals surface area (Å²) in [5.41, 5.74) is 8.60. The largest absolute Gasteiger partial charge is 0.324 e. The molecule has 0 radical (unpaired) electrons. The Hall–Kier alpha value is -1.45. The lowest BCUT2D eigenvalue weighted by molar-refractivity contribution is 0.291. The minimum Gasteiger partial charge on any atom is -0.324 e. The molecule has 3 heteroatoms. The molecule has 2 rings (SSSR count). The molecule has 19 heavy (non-hydrogen) atoms. The van der Waals surface area contributed by atoms with Gasteiger partial charge in [-0.1, -0.05) is 32.0 Å². The Kier molecular flexibility index (Phi) is 4.88. The second-order valence-corrected chi connectivity index (χ2v) is 4.84. The zero-order chi connectivity index (χ0) is 13.7. The van der Waals surface area contributed by atoms with Crippen molar-refractivity contribution in [3.8, 4) is 0 Å². The van der Waals surface area contributed by atoms with Crippen LogP contribution in [0.3, 0.4) is 0 Å². The molecule has 1 unspecified atom stereocenters. The monoisotopic (exact) mass is 257 g/mol. The normalized spacial score (nSPS) is 13.1. The molecule has 0 aliphatic heterocycles. The third-order valence-corrected chi connectivity index (χ3v) is 3.73. The summed E-state index contributed by atoms with van der Waals surface area (Å²) >= 11 is 0. The maximum atomic E-state index is 6.36. The van der Waals surface area contributed by atoms with Crippen LogP contribution in [0.2, 0.25) is 0 Å². The van der Waals surface area contributed by atoms with Crippen LogP contribution >= 0.6 is 0 Å². The fraction of sp³-hybridized carbons (Fsp3) is 0.438. The minimum absolute atomic E-state index is 0.0773. The zero-order valence-corrected chi connectivity index (χ0v) is 11.8. The highest BCUT2D eigenvalue weighted by molar-refractivity contribution is 5.82. The van der Waals surface area contributed by atoms with Gasteiger partial charge in [0.2, 0.25) is 0 Å². The summed E-state index contributed by atoms with van der Waals surface area (Å²) in [7, 11) is 0. The minimum atomic E-state index is 0.0773. The lowest BCUT2D eigenvalue weighted by atomic mass is 9.99. The third kappa shape index (κ3) is 3.31. The molecule has 1 aromatic heterocycles. The quantitative estimate of drug-likeness (QED) is 0.865. The van der Waals surface area contributed by atoms with Crippen molar-refractivity contribution in [3.05, 3.63) is 42.1 Å². The Morgan fingerprint density at radius 2 is 1.95 bits per heavy atom. The van der Waals surface area contributed by atoms with Crippen molar-refractivity contribution in [2.75, 3.05) is 19.6 Å². The summed E-state index contributed by atoms with van der Waals surface area (Å²) < 4.78 is 0. The first-order valence-electron chi connectivity index (χ1n) is 7.07. The number of pyridine rings is 1. The lowest BCUT2D eigenvalue weighted by Gasteiger charge is -2.21. The Balaban J connectivity index is 2.15. The van der Waals surface area contributed by atoms with Crippen molar-refractivity contribution in [2.45, 2.75) is 26.3 Å². The van der Waals surface area contributed by atoms with E-state index < -0.39 is 0 Å². The summed E-state index contributed by atoms with van der Waals surface area (Å²) in [5.74, 6) is 0. The molecule has 2 aromatic rings. The molecule has 0 fully saturated rings. The highest BCUT2D eigenvalue weighted by Gasteiger charge is 2.11. The van der Waals surface area contributed by atoms with E-state index in [1.807, 2.05) is 24.4 Å². The van der Waals surface area contributed by atoms with Gasteiger partial charge in [0.05, 0.1) is 5.52 Å². The highest BCUT2D eigenvalue weighted by atomic mass is 15.1. The fourth-order valence-electron chi connectivity index (χ4n) is 2.47. The van der Waals surface area contributed by atoms with Crippen LogP contribution in [0, 0.1) is 0 Å². The van der Waals surface area contributed by atoms with Gasteiger partial charge in [0, 0.05) is 17.6 Å². The maximum Gasteiger partial charge on any atom is 0.0705 e. The smallest absolute Gasteiger partial charge is 0.0705 e. The molecule has 102 valence electrons. The first kappa shape index (κ1) is 14.0. The molecule has 0 spiro atoms. The van der Waals surface area contributed by atoms with Crippen molar-refractivity contribution < 1.29 is 0 Å². The average molecular weight is 257 g/mol. The van der Waals surface area contributed by atoms with Gasteiger partial charge in [-0.3, -0.25) is 4.98 Å². The summed E-state index contributed by atoms with van der Waals surface area (Å²) in [6.07, 6.45) is 2.81. The van der Waals surface area contributed by atoms with Gasteiger partial charge in [-0.2, -0.15) is 0 Å². The summed E-state index contributed by atoms with van der Waals surface area (Å²) in [6.45, 7) is 7.60. The molecule has 0 amide bonds. The number of benzene rings is 1. The number of nitrogens with zero attached hydrogens (tertiary/aromatic N) is 2. The summed E-state index contributed by atoms with van der Waals surface area (Å²) in [6, 6.07) is 10.4. The Bertz CT molecular complexity index is 515. The van der Waals surface area contributed by atoms with Crippen LogP contribution in [0.4, 0.5) is 0 Å².